The molecule has 3 N–H and O–H groups in total. The van der Waals surface area contributed by atoms with E-state index in [1.807, 2.05) is 0 Å². The van der Waals surface area contributed by atoms with Crippen molar-refractivity contribution in [1.82, 2.24) is 0 Å². The lowest BCUT2D eigenvalue weighted by Crippen LogP contribution is -2.21. The standard InChI is InChI=1S/C5H8N2O3/c6-2-3-1-4(5(8)9)10-7-3/h4H,1-2,6H2,(H,8,9). The highest BCUT2D eigenvalue weighted by Gasteiger charge is 2.26. The number of rotatable bonds is 2. The summed E-state index contributed by atoms with van der Waals surface area (Å²) in [5.74, 6) is -0.993. The van der Waals surface area contributed by atoms with E-state index in [0.717, 1.165) is 0 Å². The van der Waals surface area contributed by atoms with Gasteiger partial charge in [-0.1, -0.05) is 5.16 Å². The third kappa shape index (κ3) is 1.24. The molecule has 0 saturated carbocycles. The number of nitrogens with zero attached hydrogens (tertiary/aromatic N) is 1. The van der Waals surface area contributed by atoms with Crippen LogP contribution in [0.1, 0.15) is 6.42 Å². The van der Waals surface area contributed by atoms with Gasteiger partial charge in [-0.25, -0.2) is 4.79 Å². The number of carbonyl (C=O) groups is 1. The topological polar surface area (TPSA) is 84.9 Å². The average Bonchev–Trinajstić information content (AvgIpc) is 2.34. The predicted molar refractivity (Wildman–Crippen MR) is 33.6 cm³/mol. The zero-order valence-corrected chi connectivity index (χ0v) is 5.28. The Morgan fingerprint density at radius 3 is 3.00 bits per heavy atom. The number of nitrogens with two attached hydrogens (primary N) is 1. The first-order chi connectivity index (χ1) is 4.74. The molecule has 0 radical (unpaired) electrons. The van der Waals surface area contributed by atoms with Gasteiger partial charge in [0, 0.05) is 13.0 Å². The highest BCUT2D eigenvalue weighted by molar-refractivity contribution is 5.91. The first-order valence-corrected chi connectivity index (χ1v) is 2.88. The van der Waals surface area contributed by atoms with E-state index in [4.69, 9.17) is 10.8 Å². The maximum Gasteiger partial charge on any atom is 0.348 e. The summed E-state index contributed by atoms with van der Waals surface area (Å²) in [6, 6.07) is 0. The van der Waals surface area contributed by atoms with Crippen molar-refractivity contribution in [2.75, 3.05) is 6.54 Å². The van der Waals surface area contributed by atoms with Gasteiger partial charge in [-0.3, -0.25) is 0 Å². The minimum Gasteiger partial charge on any atom is -0.478 e. The molecule has 0 aromatic rings. The van der Waals surface area contributed by atoms with Gasteiger partial charge in [-0.05, 0) is 0 Å². The molecule has 0 aromatic carbocycles. The lowest BCUT2D eigenvalue weighted by molar-refractivity contribution is -0.148. The number of carboxylic acids is 1. The van der Waals surface area contributed by atoms with Crippen molar-refractivity contribution >= 4 is 11.7 Å². The summed E-state index contributed by atoms with van der Waals surface area (Å²) in [6.07, 6.45) is -0.509. The second-order valence-corrected chi connectivity index (χ2v) is 2.00. The smallest absolute Gasteiger partial charge is 0.348 e. The third-order valence-electron chi connectivity index (χ3n) is 1.24. The first-order valence-electron chi connectivity index (χ1n) is 2.88. The highest BCUT2D eigenvalue weighted by Crippen LogP contribution is 2.08. The molecule has 0 bridgehead atoms. The summed E-state index contributed by atoms with van der Waals surface area (Å²) in [7, 11) is 0. The second kappa shape index (κ2) is 2.66. The van der Waals surface area contributed by atoms with Crippen molar-refractivity contribution < 1.29 is 14.7 Å². The van der Waals surface area contributed by atoms with Crippen molar-refractivity contribution in [3.63, 3.8) is 0 Å². The molecule has 0 saturated heterocycles. The van der Waals surface area contributed by atoms with Gasteiger partial charge in [0.15, 0.2) is 0 Å². The van der Waals surface area contributed by atoms with Crippen LogP contribution in [-0.4, -0.2) is 29.4 Å². The Morgan fingerprint density at radius 1 is 2.00 bits per heavy atom. The van der Waals surface area contributed by atoms with Gasteiger partial charge in [-0.2, -0.15) is 0 Å². The van der Waals surface area contributed by atoms with Crippen molar-refractivity contribution in [3.05, 3.63) is 0 Å². The molecule has 1 atom stereocenters. The fraction of sp³-hybridized carbons (Fsp3) is 0.600. The van der Waals surface area contributed by atoms with Crippen molar-refractivity contribution in [2.24, 2.45) is 10.9 Å². The van der Waals surface area contributed by atoms with Crippen LogP contribution in [0.25, 0.3) is 0 Å². The quantitative estimate of drug-likeness (QED) is 0.530. The molecule has 0 aromatic heterocycles. The molecule has 56 valence electrons. The summed E-state index contributed by atoms with van der Waals surface area (Å²) in [5, 5.41) is 11.9. The van der Waals surface area contributed by atoms with Crippen molar-refractivity contribution in [3.8, 4) is 0 Å². The number of hydrogen-bond donors (Lipinski definition) is 2. The molecule has 0 amide bonds. The molecule has 1 unspecified atom stereocenters. The van der Waals surface area contributed by atoms with E-state index in [1.165, 1.54) is 0 Å². The van der Waals surface area contributed by atoms with Gasteiger partial charge in [-0.15, -0.1) is 0 Å². The second-order valence-electron chi connectivity index (χ2n) is 2.00. The number of carboxylic acid groups (broad SMARTS) is 1. The number of aliphatic carboxylic acids is 1. The Labute approximate surface area is 57.5 Å². The van der Waals surface area contributed by atoms with E-state index in [0.29, 0.717) is 12.1 Å². The molecular weight excluding hydrogens is 136 g/mol. The highest BCUT2D eigenvalue weighted by atomic mass is 16.7. The summed E-state index contributed by atoms with van der Waals surface area (Å²) in [5.41, 5.74) is 5.80. The van der Waals surface area contributed by atoms with Crippen LogP contribution < -0.4 is 5.73 Å². The van der Waals surface area contributed by atoms with Crippen molar-refractivity contribution in [2.45, 2.75) is 12.5 Å². The Kier molecular flexibility index (Phi) is 1.86. The minimum atomic E-state index is -0.993. The predicted octanol–water partition coefficient (Wildman–Crippen LogP) is -0.825. The molecule has 1 aliphatic heterocycles. The Morgan fingerprint density at radius 2 is 2.70 bits per heavy atom. The Balaban J connectivity index is 2.43. The third-order valence-corrected chi connectivity index (χ3v) is 1.24. The van der Waals surface area contributed by atoms with Gasteiger partial charge in [0.05, 0.1) is 5.71 Å². The molecule has 0 aliphatic carbocycles. The maximum atomic E-state index is 10.2. The van der Waals surface area contributed by atoms with Crippen molar-refractivity contribution in [1.29, 1.82) is 0 Å². The van der Waals surface area contributed by atoms with E-state index >= 15 is 0 Å². The molecule has 5 nitrogen and oxygen atoms in total. The largest absolute Gasteiger partial charge is 0.478 e. The fourth-order valence-electron chi connectivity index (χ4n) is 0.680. The van der Waals surface area contributed by atoms with E-state index in [1.54, 1.807) is 0 Å². The van der Waals surface area contributed by atoms with Gasteiger partial charge in [0.1, 0.15) is 0 Å². The summed E-state index contributed by atoms with van der Waals surface area (Å²) < 4.78 is 0. The molecular formula is C5H8N2O3. The maximum absolute atomic E-state index is 10.2. The van der Waals surface area contributed by atoms with Crippen LogP contribution in [0.5, 0.6) is 0 Å². The Hall–Kier alpha value is -1.10. The molecule has 1 heterocycles. The lowest BCUT2D eigenvalue weighted by atomic mass is 10.2. The molecule has 10 heavy (non-hydrogen) atoms. The molecule has 1 aliphatic rings. The zero-order valence-electron chi connectivity index (χ0n) is 5.28. The van der Waals surface area contributed by atoms with Crippen LogP contribution in [0.15, 0.2) is 5.16 Å². The average molecular weight is 144 g/mol. The summed E-state index contributed by atoms with van der Waals surface area (Å²) >= 11 is 0. The van der Waals surface area contributed by atoms with Crippen LogP contribution in [0.2, 0.25) is 0 Å². The minimum absolute atomic E-state index is 0.268. The van der Waals surface area contributed by atoms with Gasteiger partial charge in [0.25, 0.3) is 0 Å². The first kappa shape index (κ1) is 7.01. The summed E-state index contributed by atoms with van der Waals surface area (Å²) in [4.78, 5) is 14.8. The van der Waals surface area contributed by atoms with Crippen LogP contribution in [0, 0.1) is 0 Å². The van der Waals surface area contributed by atoms with Crippen LogP contribution in [-0.2, 0) is 9.63 Å². The zero-order chi connectivity index (χ0) is 7.56. The SMILES string of the molecule is NCC1=NOC(C(=O)O)C1. The van der Waals surface area contributed by atoms with Gasteiger partial charge >= 0.3 is 5.97 Å². The van der Waals surface area contributed by atoms with Gasteiger partial charge < -0.3 is 15.7 Å². The van der Waals surface area contributed by atoms with E-state index in [-0.39, 0.29) is 6.54 Å². The lowest BCUT2D eigenvalue weighted by Gasteiger charge is -1.98. The van der Waals surface area contributed by atoms with E-state index < -0.39 is 12.1 Å². The number of oxime groups is 1. The van der Waals surface area contributed by atoms with E-state index in [2.05, 4.69) is 9.99 Å². The van der Waals surface area contributed by atoms with Gasteiger partial charge in [0.2, 0.25) is 6.10 Å². The van der Waals surface area contributed by atoms with Crippen LogP contribution in [0.4, 0.5) is 0 Å². The normalized spacial score (nSPS) is 23.7. The molecule has 0 fully saturated rings. The molecule has 0 spiro atoms. The van der Waals surface area contributed by atoms with E-state index in [9.17, 15) is 4.79 Å². The Bertz CT molecular complexity index is 178. The van der Waals surface area contributed by atoms with Crippen LogP contribution >= 0.6 is 0 Å². The fourth-order valence-corrected chi connectivity index (χ4v) is 0.680. The van der Waals surface area contributed by atoms with Crippen LogP contribution in [0.3, 0.4) is 0 Å². The molecule has 1 rings (SSSR count). The summed E-state index contributed by atoms with van der Waals surface area (Å²) in [6.45, 7) is 0.268. The number of hydrogen-bond acceptors (Lipinski definition) is 4. The molecule has 5 heteroatoms. The monoisotopic (exact) mass is 144 g/mol.